The quantitative estimate of drug-likeness (QED) is 0.422. The van der Waals surface area contributed by atoms with Crippen LogP contribution < -0.4 is 0 Å². The highest BCUT2D eigenvalue weighted by atomic mass is 16.6. The topological polar surface area (TPSA) is 78.9 Å². The molecule has 0 aromatic carbocycles. The summed E-state index contributed by atoms with van der Waals surface area (Å²) in [4.78, 5) is 35.4. The highest BCUT2D eigenvalue weighted by Crippen LogP contribution is 2.54. The monoisotopic (exact) mass is 326 g/mol. The Morgan fingerprint density at radius 1 is 1.22 bits per heavy atom. The van der Waals surface area contributed by atoms with Crippen molar-refractivity contribution in [2.45, 2.75) is 52.7 Å². The molecule has 6 atom stereocenters. The zero-order valence-corrected chi connectivity index (χ0v) is 14.4. The summed E-state index contributed by atoms with van der Waals surface area (Å²) >= 11 is 0. The van der Waals surface area contributed by atoms with E-state index >= 15 is 0 Å². The van der Waals surface area contributed by atoms with Crippen LogP contribution >= 0.6 is 0 Å². The number of hydrogen-bond acceptors (Lipinski definition) is 6. The molecule has 6 heteroatoms. The van der Waals surface area contributed by atoms with Gasteiger partial charge in [-0.15, -0.1) is 0 Å². The van der Waals surface area contributed by atoms with Gasteiger partial charge in [-0.2, -0.15) is 0 Å². The molecule has 2 fully saturated rings. The Bertz CT molecular complexity index is 485. The predicted molar refractivity (Wildman–Crippen MR) is 81.2 cm³/mol. The Kier molecular flexibility index (Phi) is 5.01. The minimum Gasteiger partial charge on any atom is -0.469 e. The molecule has 0 aromatic heterocycles. The van der Waals surface area contributed by atoms with Gasteiger partial charge in [0, 0.05) is 11.8 Å². The molecule has 130 valence electrons. The van der Waals surface area contributed by atoms with E-state index in [9.17, 15) is 14.4 Å². The molecule has 2 rings (SSSR count). The van der Waals surface area contributed by atoms with Crippen LogP contribution in [0.15, 0.2) is 0 Å². The predicted octanol–water partition coefficient (Wildman–Crippen LogP) is 1.95. The van der Waals surface area contributed by atoms with Gasteiger partial charge < -0.3 is 14.2 Å². The average Bonchev–Trinajstić information content (AvgIpc) is 3.03. The summed E-state index contributed by atoms with van der Waals surface area (Å²) in [6.07, 6.45) is 0.279. The number of carbonyl (C=O) groups is 3. The minimum absolute atomic E-state index is 0.0110. The number of esters is 2. The maximum atomic E-state index is 12.4. The van der Waals surface area contributed by atoms with Crippen molar-refractivity contribution in [2.24, 2.45) is 29.1 Å². The van der Waals surface area contributed by atoms with Crippen LogP contribution in [-0.2, 0) is 28.6 Å². The van der Waals surface area contributed by atoms with E-state index in [1.54, 1.807) is 0 Å². The summed E-state index contributed by atoms with van der Waals surface area (Å²) in [5.74, 6) is -1.05. The molecule has 6 nitrogen and oxygen atoms in total. The number of carbonyl (C=O) groups excluding carboxylic acids is 3. The van der Waals surface area contributed by atoms with Crippen molar-refractivity contribution < 1.29 is 28.6 Å². The molecule has 0 N–H and O–H groups in total. The lowest BCUT2D eigenvalue weighted by atomic mass is 9.77. The summed E-state index contributed by atoms with van der Waals surface area (Å²) in [5.41, 5.74) is -0.611. The van der Waals surface area contributed by atoms with E-state index in [4.69, 9.17) is 14.2 Å². The van der Waals surface area contributed by atoms with Crippen LogP contribution in [0.2, 0.25) is 0 Å². The van der Waals surface area contributed by atoms with Crippen molar-refractivity contribution in [1.29, 1.82) is 0 Å². The summed E-state index contributed by atoms with van der Waals surface area (Å²) < 4.78 is 15.8. The van der Waals surface area contributed by atoms with E-state index in [0.29, 0.717) is 19.3 Å². The highest BCUT2D eigenvalue weighted by Gasteiger charge is 2.62. The summed E-state index contributed by atoms with van der Waals surface area (Å²) in [6.45, 7) is 7.91. The maximum absolute atomic E-state index is 12.4. The van der Waals surface area contributed by atoms with Crippen LogP contribution in [0.3, 0.4) is 0 Å². The maximum Gasteiger partial charge on any atom is 0.311 e. The molecule has 0 amide bonds. The summed E-state index contributed by atoms with van der Waals surface area (Å²) in [7, 11) is 1.36. The van der Waals surface area contributed by atoms with Crippen LogP contribution in [0.1, 0.15) is 40.5 Å². The molecule has 2 bridgehead atoms. The second-order valence-electron chi connectivity index (χ2n) is 7.28. The molecule has 0 spiro atoms. The lowest BCUT2D eigenvalue weighted by Gasteiger charge is -2.37. The molecule has 23 heavy (non-hydrogen) atoms. The van der Waals surface area contributed by atoms with Gasteiger partial charge in [-0.05, 0) is 32.6 Å². The largest absolute Gasteiger partial charge is 0.469 e. The second kappa shape index (κ2) is 6.49. The van der Waals surface area contributed by atoms with Crippen molar-refractivity contribution in [3.8, 4) is 0 Å². The molecule has 2 aliphatic carbocycles. The van der Waals surface area contributed by atoms with Crippen molar-refractivity contribution >= 4 is 18.4 Å². The number of hydrogen-bond donors (Lipinski definition) is 0. The van der Waals surface area contributed by atoms with Gasteiger partial charge in [0.1, 0.15) is 12.2 Å². The van der Waals surface area contributed by atoms with Gasteiger partial charge in [0.05, 0.1) is 18.4 Å². The molecular formula is C17H26O6. The average molecular weight is 326 g/mol. The number of fused-ring (bicyclic) bond motifs is 2. The number of methoxy groups -OCH3 is 1. The van der Waals surface area contributed by atoms with E-state index in [2.05, 4.69) is 0 Å². The van der Waals surface area contributed by atoms with Gasteiger partial charge in [0.2, 0.25) is 0 Å². The van der Waals surface area contributed by atoms with Crippen molar-refractivity contribution in [1.82, 2.24) is 0 Å². The third kappa shape index (κ3) is 2.95. The van der Waals surface area contributed by atoms with E-state index in [-0.39, 0.29) is 35.6 Å². The molecule has 0 heterocycles. The lowest BCUT2D eigenvalue weighted by Crippen LogP contribution is -2.48. The first kappa shape index (κ1) is 17.8. The van der Waals surface area contributed by atoms with Gasteiger partial charge in [-0.25, -0.2) is 0 Å². The first-order chi connectivity index (χ1) is 10.8. The molecule has 2 saturated carbocycles. The van der Waals surface area contributed by atoms with Gasteiger partial charge in [0.25, 0.3) is 6.47 Å². The SMILES string of the molecule is CCC(C)(C)C(=O)OC1C2CC(C(C)C2C(=O)OC)C1OC=O. The molecule has 0 aliphatic heterocycles. The van der Waals surface area contributed by atoms with Crippen molar-refractivity contribution in [2.75, 3.05) is 7.11 Å². The Morgan fingerprint density at radius 3 is 2.39 bits per heavy atom. The van der Waals surface area contributed by atoms with E-state index in [0.717, 1.165) is 0 Å². The van der Waals surface area contributed by atoms with Crippen molar-refractivity contribution in [3.05, 3.63) is 0 Å². The van der Waals surface area contributed by atoms with Gasteiger partial charge in [0.15, 0.2) is 0 Å². The first-order valence-corrected chi connectivity index (χ1v) is 8.16. The molecule has 2 aliphatic rings. The van der Waals surface area contributed by atoms with Crippen LogP contribution in [0, 0.1) is 29.1 Å². The second-order valence-corrected chi connectivity index (χ2v) is 7.28. The normalized spacial score (nSPS) is 35.7. The molecule has 0 saturated heterocycles. The molecule has 0 radical (unpaired) electrons. The smallest absolute Gasteiger partial charge is 0.311 e. The Morgan fingerprint density at radius 2 is 1.87 bits per heavy atom. The third-order valence-electron chi connectivity index (χ3n) is 5.78. The Hall–Kier alpha value is -1.59. The van der Waals surface area contributed by atoms with Gasteiger partial charge in [-0.3, -0.25) is 14.4 Å². The molecule has 6 unspecified atom stereocenters. The standard InChI is InChI=1S/C17H26O6/c1-6-17(3,4)16(20)23-14-11-7-10(13(14)22-8-18)9(2)12(11)15(19)21-5/h8-14H,6-7H2,1-5H3. The first-order valence-electron chi connectivity index (χ1n) is 8.16. The van der Waals surface area contributed by atoms with E-state index in [1.165, 1.54) is 7.11 Å². The fourth-order valence-corrected chi connectivity index (χ4v) is 3.94. The fraction of sp³-hybridized carbons (Fsp3) is 0.824. The van der Waals surface area contributed by atoms with Crippen LogP contribution in [0.4, 0.5) is 0 Å². The molecular weight excluding hydrogens is 300 g/mol. The minimum atomic E-state index is -0.611. The van der Waals surface area contributed by atoms with Crippen molar-refractivity contribution in [3.63, 3.8) is 0 Å². The zero-order valence-electron chi connectivity index (χ0n) is 14.4. The van der Waals surface area contributed by atoms with Gasteiger partial charge in [-0.1, -0.05) is 13.8 Å². The summed E-state index contributed by atoms with van der Waals surface area (Å²) in [6, 6.07) is 0. The lowest BCUT2D eigenvalue weighted by molar-refractivity contribution is -0.182. The Labute approximate surface area is 136 Å². The van der Waals surface area contributed by atoms with Gasteiger partial charge >= 0.3 is 11.9 Å². The summed E-state index contributed by atoms with van der Waals surface area (Å²) in [5, 5.41) is 0. The molecule has 0 aromatic rings. The van der Waals surface area contributed by atoms with E-state index < -0.39 is 17.6 Å². The number of ether oxygens (including phenoxy) is 3. The zero-order chi connectivity index (χ0) is 17.4. The van der Waals surface area contributed by atoms with Crippen LogP contribution in [0.5, 0.6) is 0 Å². The fourth-order valence-electron chi connectivity index (χ4n) is 3.94. The number of rotatable bonds is 6. The Balaban J connectivity index is 2.23. The van der Waals surface area contributed by atoms with Crippen LogP contribution in [-0.4, -0.2) is 37.7 Å². The third-order valence-corrected chi connectivity index (χ3v) is 5.78. The van der Waals surface area contributed by atoms with Crippen LogP contribution in [0.25, 0.3) is 0 Å². The highest BCUT2D eigenvalue weighted by molar-refractivity contribution is 5.77. The van der Waals surface area contributed by atoms with E-state index in [1.807, 2.05) is 27.7 Å².